The van der Waals surface area contributed by atoms with Crippen molar-refractivity contribution in [2.75, 3.05) is 26.7 Å². The van der Waals surface area contributed by atoms with Crippen LogP contribution in [0.3, 0.4) is 0 Å². The van der Waals surface area contributed by atoms with Crippen LogP contribution < -0.4 is 10.6 Å². The molecule has 0 saturated carbocycles. The van der Waals surface area contributed by atoms with Gasteiger partial charge in [-0.15, -0.1) is 11.3 Å². The molecule has 0 aliphatic carbocycles. The molecule has 6 nitrogen and oxygen atoms in total. The van der Waals surface area contributed by atoms with Crippen molar-refractivity contribution in [1.29, 1.82) is 0 Å². The van der Waals surface area contributed by atoms with Crippen LogP contribution in [0.4, 0.5) is 0 Å². The van der Waals surface area contributed by atoms with Crippen molar-refractivity contribution in [3.63, 3.8) is 0 Å². The Morgan fingerprint density at radius 3 is 2.87 bits per heavy atom. The van der Waals surface area contributed by atoms with Crippen LogP contribution in [0, 0.1) is 13.8 Å². The van der Waals surface area contributed by atoms with Gasteiger partial charge in [-0.05, 0) is 20.3 Å². The van der Waals surface area contributed by atoms with Crippen LogP contribution in [-0.4, -0.2) is 54.5 Å². The van der Waals surface area contributed by atoms with E-state index < -0.39 is 0 Å². The Labute approximate surface area is 142 Å². The van der Waals surface area contributed by atoms with Crippen LogP contribution in [0.2, 0.25) is 0 Å². The maximum atomic E-state index is 11.7. The second kappa shape index (κ2) is 8.29. The Morgan fingerprint density at radius 2 is 2.26 bits per heavy atom. The molecule has 0 spiro atoms. The first-order valence-electron chi connectivity index (χ1n) is 8.21. The van der Waals surface area contributed by atoms with Gasteiger partial charge in [-0.1, -0.05) is 6.92 Å². The summed E-state index contributed by atoms with van der Waals surface area (Å²) in [7, 11) is 1.78. The first kappa shape index (κ1) is 17.7. The van der Waals surface area contributed by atoms with Gasteiger partial charge in [0.05, 0.1) is 10.7 Å². The fourth-order valence-corrected chi connectivity index (χ4v) is 3.75. The van der Waals surface area contributed by atoms with Gasteiger partial charge in [-0.2, -0.15) is 0 Å². The molecule has 1 aliphatic heterocycles. The second-order valence-corrected chi connectivity index (χ2v) is 7.10. The van der Waals surface area contributed by atoms with Gasteiger partial charge in [0, 0.05) is 50.4 Å². The lowest BCUT2D eigenvalue weighted by atomic mass is 10.2. The molecule has 23 heavy (non-hydrogen) atoms. The highest BCUT2D eigenvalue weighted by Crippen LogP contribution is 2.17. The van der Waals surface area contributed by atoms with E-state index in [4.69, 9.17) is 0 Å². The van der Waals surface area contributed by atoms with Crippen molar-refractivity contribution >= 4 is 23.2 Å². The Balaban J connectivity index is 1.76. The van der Waals surface area contributed by atoms with Gasteiger partial charge < -0.3 is 15.5 Å². The zero-order valence-corrected chi connectivity index (χ0v) is 15.3. The highest BCUT2D eigenvalue weighted by Gasteiger charge is 2.25. The molecular weight excluding hydrogens is 310 g/mol. The largest absolute Gasteiger partial charge is 0.356 e. The minimum absolute atomic E-state index is 0.230. The normalized spacial score (nSPS) is 18.3. The van der Waals surface area contributed by atoms with Crippen molar-refractivity contribution in [3.05, 3.63) is 15.6 Å². The standard InChI is InChI=1S/C16H27N5OS/c1-5-15(22)21-9-7-13(10-21)20-16(17-4)18-8-6-14-11(2)19-12(3)23-14/h13H,5-10H2,1-4H3,(H2,17,18,20). The number of guanidine groups is 1. The summed E-state index contributed by atoms with van der Waals surface area (Å²) in [5.41, 5.74) is 1.13. The van der Waals surface area contributed by atoms with E-state index in [2.05, 4.69) is 27.5 Å². The molecule has 0 radical (unpaired) electrons. The topological polar surface area (TPSA) is 69.6 Å². The van der Waals surface area contributed by atoms with E-state index in [9.17, 15) is 4.79 Å². The minimum Gasteiger partial charge on any atom is -0.356 e. The van der Waals surface area contributed by atoms with Crippen molar-refractivity contribution in [3.8, 4) is 0 Å². The van der Waals surface area contributed by atoms with E-state index in [0.717, 1.165) is 49.1 Å². The molecular formula is C16H27N5OS. The number of nitrogens with one attached hydrogen (secondary N) is 2. The molecule has 1 aromatic rings. The number of aryl methyl sites for hydroxylation is 2. The fraction of sp³-hybridized carbons (Fsp3) is 0.688. The van der Waals surface area contributed by atoms with E-state index in [1.54, 1.807) is 18.4 Å². The fourth-order valence-electron chi connectivity index (χ4n) is 2.82. The number of rotatable bonds is 5. The molecule has 1 atom stereocenters. The number of carbonyl (C=O) groups is 1. The Morgan fingerprint density at radius 1 is 1.48 bits per heavy atom. The zero-order valence-electron chi connectivity index (χ0n) is 14.5. The van der Waals surface area contributed by atoms with Crippen LogP contribution in [0.15, 0.2) is 4.99 Å². The highest BCUT2D eigenvalue weighted by atomic mass is 32.1. The molecule has 2 rings (SSSR count). The highest BCUT2D eigenvalue weighted by molar-refractivity contribution is 7.11. The van der Waals surface area contributed by atoms with Crippen LogP contribution in [0.1, 0.15) is 35.3 Å². The third kappa shape index (κ3) is 4.92. The number of aliphatic imine (C=N–C) groups is 1. The van der Waals surface area contributed by atoms with E-state index >= 15 is 0 Å². The van der Waals surface area contributed by atoms with Crippen LogP contribution in [0.5, 0.6) is 0 Å². The molecule has 1 unspecified atom stereocenters. The molecule has 1 saturated heterocycles. The van der Waals surface area contributed by atoms with E-state index in [1.807, 2.05) is 18.7 Å². The van der Waals surface area contributed by atoms with Crippen molar-refractivity contribution in [2.45, 2.75) is 46.1 Å². The van der Waals surface area contributed by atoms with Gasteiger partial charge in [0.25, 0.3) is 0 Å². The number of carbonyl (C=O) groups excluding carboxylic acids is 1. The molecule has 7 heteroatoms. The summed E-state index contributed by atoms with van der Waals surface area (Å²) in [6.07, 6.45) is 2.50. The van der Waals surface area contributed by atoms with E-state index in [-0.39, 0.29) is 11.9 Å². The maximum absolute atomic E-state index is 11.7. The van der Waals surface area contributed by atoms with E-state index in [0.29, 0.717) is 6.42 Å². The van der Waals surface area contributed by atoms with Gasteiger partial charge in [-0.25, -0.2) is 4.98 Å². The third-order valence-electron chi connectivity index (χ3n) is 4.05. The number of hydrogen-bond donors (Lipinski definition) is 2. The summed E-state index contributed by atoms with van der Waals surface area (Å²) >= 11 is 1.76. The maximum Gasteiger partial charge on any atom is 0.222 e. The first-order chi connectivity index (χ1) is 11.0. The number of aromatic nitrogens is 1. The quantitative estimate of drug-likeness (QED) is 0.631. The number of likely N-dealkylation sites (tertiary alicyclic amines) is 1. The molecule has 1 amide bonds. The molecule has 1 aliphatic rings. The number of thiazole rings is 1. The smallest absolute Gasteiger partial charge is 0.222 e. The molecule has 1 aromatic heterocycles. The number of amides is 1. The van der Waals surface area contributed by atoms with Crippen molar-refractivity contribution < 1.29 is 4.79 Å². The molecule has 2 N–H and O–H groups in total. The number of nitrogens with zero attached hydrogens (tertiary/aromatic N) is 3. The Kier molecular flexibility index (Phi) is 6.38. The van der Waals surface area contributed by atoms with Crippen molar-refractivity contribution in [2.24, 2.45) is 4.99 Å². The molecule has 1 fully saturated rings. The van der Waals surface area contributed by atoms with Gasteiger partial charge in [0.1, 0.15) is 0 Å². The summed E-state index contributed by atoms with van der Waals surface area (Å²) in [5, 5.41) is 7.88. The van der Waals surface area contributed by atoms with Gasteiger partial charge in [-0.3, -0.25) is 9.79 Å². The molecule has 128 valence electrons. The van der Waals surface area contributed by atoms with Gasteiger partial charge in [0.2, 0.25) is 5.91 Å². The van der Waals surface area contributed by atoms with Crippen LogP contribution in [-0.2, 0) is 11.2 Å². The number of hydrogen-bond acceptors (Lipinski definition) is 4. The summed E-state index contributed by atoms with van der Waals surface area (Å²) in [6.45, 7) is 8.43. The summed E-state index contributed by atoms with van der Waals surface area (Å²) in [6, 6.07) is 0.282. The summed E-state index contributed by atoms with van der Waals surface area (Å²) < 4.78 is 0. The average molecular weight is 337 g/mol. The second-order valence-electron chi connectivity index (χ2n) is 5.81. The van der Waals surface area contributed by atoms with Crippen LogP contribution in [0.25, 0.3) is 0 Å². The average Bonchev–Trinajstić information content (AvgIpc) is 3.12. The Hall–Kier alpha value is -1.63. The first-order valence-corrected chi connectivity index (χ1v) is 9.03. The summed E-state index contributed by atoms with van der Waals surface area (Å²) in [5.74, 6) is 1.04. The summed E-state index contributed by atoms with van der Waals surface area (Å²) in [4.78, 5) is 23.7. The van der Waals surface area contributed by atoms with Crippen LogP contribution >= 0.6 is 11.3 Å². The third-order valence-corrected chi connectivity index (χ3v) is 5.18. The SMILES string of the molecule is CCC(=O)N1CCC(NC(=NC)NCCc2sc(C)nc2C)C1. The predicted octanol–water partition coefficient (Wildman–Crippen LogP) is 1.48. The van der Waals surface area contributed by atoms with E-state index in [1.165, 1.54) is 4.88 Å². The van der Waals surface area contributed by atoms with Crippen molar-refractivity contribution in [1.82, 2.24) is 20.5 Å². The Bertz CT molecular complexity index is 569. The lowest BCUT2D eigenvalue weighted by Crippen LogP contribution is -2.45. The lowest BCUT2D eigenvalue weighted by Gasteiger charge is -2.18. The monoisotopic (exact) mass is 337 g/mol. The minimum atomic E-state index is 0.230. The van der Waals surface area contributed by atoms with Gasteiger partial charge in [0.15, 0.2) is 5.96 Å². The molecule has 0 bridgehead atoms. The molecule has 2 heterocycles. The van der Waals surface area contributed by atoms with Gasteiger partial charge >= 0.3 is 0 Å². The lowest BCUT2D eigenvalue weighted by molar-refractivity contribution is -0.129. The predicted molar refractivity (Wildman–Crippen MR) is 95.1 cm³/mol. The zero-order chi connectivity index (χ0) is 16.8. The molecule has 0 aromatic carbocycles.